The molecular formula is C14H23FN2. The third-order valence-electron chi connectivity index (χ3n) is 3.06. The second kappa shape index (κ2) is 6.60. The molecule has 0 bridgehead atoms. The highest BCUT2D eigenvalue weighted by Crippen LogP contribution is 2.24. The van der Waals surface area contributed by atoms with Crippen molar-refractivity contribution in [3.05, 3.63) is 29.6 Å². The summed E-state index contributed by atoms with van der Waals surface area (Å²) in [6, 6.07) is 5.27. The molecule has 0 aliphatic heterocycles. The van der Waals surface area contributed by atoms with Gasteiger partial charge in [0.1, 0.15) is 5.82 Å². The summed E-state index contributed by atoms with van der Waals surface area (Å²) < 4.78 is 13.9. The Balaban J connectivity index is 2.99. The maximum Gasteiger partial charge on any atom is 0.128 e. The molecule has 0 saturated heterocycles. The maximum absolute atomic E-state index is 13.9. The van der Waals surface area contributed by atoms with E-state index in [1.54, 1.807) is 6.07 Å². The Morgan fingerprint density at radius 2 is 2.06 bits per heavy atom. The standard InChI is InChI=1S/C14H23FN2/c1-4-9-17(3)14-8-6-7-13(15)12(14)10-11(16)5-2/h6-8,11H,4-5,9-10,16H2,1-3H3. The first-order valence-corrected chi connectivity index (χ1v) is 6.34. The highest BCUT2D eigenvalue weighted by molar-refractivity contribution is 5.54. The van der Waals surface area contributed by atoms with Gasteiger partial charge in [0.25, 0.3) is 0 Å². The van der Waals surface area contributed by atoms with Crippen LogP contribution < -0.4 is 10.6 Å². The van der Waals surface area contributed by atoms with Crippen LogP contribution in [0.5, 0.6) is 0 Å². The van der Waals surface area contributed by atoms with Crippen molar-refractivity contribution in [3.8, 4) is 0 Å². The number of hydrogen-bond donors (Lipinski definition) is 1. The molecule has 1 rings (SSSR count). The van der Waals surface area contributed by atoms with Gasteiger partial charge in [0.2, 0.25) is 0 Å². The number of nitrogens with zero attached hydrogens (tertiary/aromatic N) is 1. The first kappa shape index (κ1) is 14.0. The average molecular weight is 238 g/mol. The van der Waals surface area contributed by atoms with Crippen molar-refractivity contribution in [1.82, 2.24) is 0 Å². The topological polar surface area (TPSA) is 29.3 Å². The molecule has 0 saturated carbocycles. The molecule has 0 radical (unpaired) electrons. The molecule has 0 heterocycles. The van der Waals surface area contributed by atoms with Crippen LogP contribution in [0, 0.1) is 5.82 Å². The summed E-state index contributed by atoms with van der Waals surface area (Å²) in [6.07, 6.45) is 2.52. The van der Waals surface area contributed by atoms with Crippen LogP contribution in [-0.4, -0.2) is 19.6 Å². The van der Waals surface area contributed by atoms with E-state index < -0.39 is 0 Å². The van der Waals surface area contributed by atoms with E-state index in [-0.39, 0.29) is 11.9 Å². The van der Waals surface area contributed by atoms with Crippen molar-refractivity contribution in [2.75, 3.05) is 18.5 Å². The Kier molecular flexibility index (Phi) is 5.42. The van der Waals surface area contributed by atoms with Crippen molar-refractivity contribution in [2.24, 2.45) is 5.73 Å². The van der Waals surface area contributed by atoms with E-state index in [2.05, 4.69) is 11.8 Å². The van der Waals surface area contributed by atoms with Gasteiger partial charge in [0.05, 0.1) is 0 Å². The van der Waals surface area contributed by atoms with Crippen molar-refractivity contribution in [3.63, 3.8) is 0 Å². The number of halogens is 1. The smallest absolute Gasteiger partial charge is 0.128 e. The lowest BCUT2D eigenvalue weighted by molar-refractivity contribution is 0.578. The zero-order valence-electron chi connectivity index (χ0n) is 11.0. The Hall–Kier alpha value is -1.09. The molecule has 0 aliphatic rings. The SMILES string of the molecule is CCCN(C)c1cccc(F)c1CC(N)CC. The summed E-state index contributed by atoms with van der Waals surface area (Å²) in [5.74, 6) is -0.144. The van der Waals surface area contributed by atoms with Crippen LogP contribution in [0.1, 0.15) is 32.3 Å². The van der Waals surface area contributed by atoms with Crippen LogP contribution in [0.3, 0.4) is 0 Å². The number of benzene rings is 1. The summed E-state index contributed by atoms with van der Waals surface area (Å²) in [5.41, 5.74) is 7.65. The fourth-order valence-electron chi connectivity index (χ4n) is 1.97. The van der Waals surface area contributed by atoms with E-state index in [9.17, 15) is 4.39 Å². The van der Waals surface area contributed by atoms with Gasteiger partial charge < -0.3 is 10.6 Å². The van der Waals surface area contributed by atoms with Gasteiger partial charge in [-0.3, -0.25) is 0 Å². The monoisotopic (exact) mass is 238 g/mol. The van der Waals surface area contributed by atoms with Gasteiger partial charge in [-0.1, -0.05) is 19.9 Å². The van der Waals surface area contributed by atoms with Gasteiger partial charge >= 0.3 is 0 Å². The molecule has 0 amide bonds. The first-order chi connectivity index (χ1) is 8.10. The molecule has 96 valence electrons. The fourth-order valence-corrected chi connectivity index (χ4v) is 1.97. The van der Waals surface area contributed by atoms with Crippen molar-refractivity contribution >= 4 is 5.69 Å². The first-order valence-electron chi connectivity index (χ1n) is 6.34. The van der Waals surface area contributed by atoms with E-state index in [1.807, 2.05) is 20.0 Å². The summed E-state index contributed by atoms with van der Waals surface area (Å²) in [5, 5.41) is 0. The third-order valence-corrected chi connectivity index (χ3v) is 3.06. The second-order valence-corrected chi connectivity index (χ2v) is 4.53. The van der Waals surface area contributed by atoms with Crippen LogP contribution in [0.4, 0.5) is 10.1 Å². The van der Waals surface area contributed by atoms with Gasteiger partial charge in [-0.05, 0) is 31.4 Å². The molecule has 1 atom stereocenters. The molecule has 1 aromatic rings. The van der Waals surface area contributed by atoms with E-state index in [4.69, 9.17) is 5.73 Å². The van der Waals surface area contributed by atoms with Crippen LogP contribution in [0.15, 0.2) is 18.2 Å². The molecule has 0 aromatic heterocycles. The lowest BCUT2D eigenvalue weighted by Gasteiger charge is -2.23. The number of nitrogens with two attached hydrogens (primary N) is 1. The van der Waals surface area contributed by atoms with Gasteiger partial charge in [-0.15, -0.1) is 0 Å². The number of anilines is 1. The molecule has 2 N–H and O–H groups in total. The highest BCUT2D eigenvalue weighted by Gasteiger charge is 2.14. The van der Waals surface area contributed by atoms with E-state index in [1.165, 1.54) is 6.07 Å². The van der Waals surface area contributed by atoms with Crippen LogP contribution in [0.2, 0.25) is 0 Å². The second-order valence-electron chi connectivity index (χ2n) is 4.53. The van der Waals surface area contributed by atoms with Gasteiger partial charge in [-0.25, -0.2) is 4.39 Å². The molecular weight excluding hydrogens is 215 g/mol. The Morgan fingerprint density at radius 3 is 2.65 bits per heavy atom. The van der Waals surface area contributed by atoms with Crippen LogP contribution >= 0.6 is 0 Å². The lowest BCUT2D eigenvalue weighted by atomic mass is 10.0. The highest BCUT2D eigenvalue weighted by atomic mass is 19.1. The predicted molar refractivity (Wildman–Crippen MR) is 71.9 cm³/mol. The number of hydrogen-bond acceptors (Lipinski definition) is 2. The van der Waals surface area contributed by atoms with Crippen molar-refractivity contribution in [2.45, 2.75) is 39.2 Å². The minimum atomic E-state index is -0.144. The summed E-state index contributed by atoms with van der Waals surface area (Å²) in [4.78, 5) is 2.10. The van der Waals surface area contributed by atoms with Crippen LogP contribution in [-0.2, 0) is 6.42 Å². The predicted octanol–water partition coefficient (Wildman–Crippen LogP) is 2.95. The van der Waals surface area contributed by atoms with Gasteiger partial charge in [0.15, 0.2) is 0 Å². The maximum atomic E-state index is 13.9. The van der Waals surface area contributed by atoms with Crippen molar-refractivity contribution in [1.29, 1.82) is 0 Å². The van der Waals surface area contributed by atoms with E-state index >= 15 is 0 Å². The zero-order valence-corrected chi connectivity index (χ0v) is 11.0. The Morgan fingerprint density at radius 1 is 1.35 bits per heavy atom. The largest absolute Gasteiger partial charge is 0.374 e. The summed E-state index contributed by atoms with van der Waals surface area (Å²) in [7, 11) is 2.00. The molecule has 3 heteroatoms. The Labute approximate surface area is 104 Å². The molecule has 17 heavy (non-hydrogen) atoms. The summed E-state index contributed by atoms with van der Waals surface area (Å²) >= 11 is 0. The van der Waals surface area contributed by atoms with Crippen LogP contribution in [0.25, 0.3) is 0 Å². The molecule has 2 nitrogen and oxygen atoms in total. The number of rotatable bonds is 6. The average Bonchev–Trinajstić information content (AvgIpc) is 2.31. The quantitative estimate of drug-likeness (QED) is 0.825. The minimum Gasteiger partial charge on any atom is -0.374 e. The Bertz CT molecular complexity index is 352. The molecule has 0 spiro atoms. The van der Waals surface area contributed by atoms with Crippen molar-refractivity contribution < 1.29 is 4.39 Å². The fraction of sp³-hybridized carbons (Fsp3) is 0.571. The molecule has 0 fully saturated rings. The normalized spacial score (nSPS) is 12.5. The molecule has 1 unspecified atom stereocenters. The minimum absolute atomic E-state index is 0.0284. The molecule has 0 aliphatic carbocycles. The van der Waals surface area contributed by atoms with Gasteiger partial charge in [0, 0.05) is 30.9 Å². The lowest BCUT2D eigenvalue weighted by Crippen LogP contribution is -2.25. The summed E-state index contributed by atoms with van der Waals surface area (Å²) in [6.45, 7) is 5.08. The van der Waals surface area contributed by atoms with E-state index in [0.29, 0.717) is 6.42 Å². The van der Waals surface area contributed by atoms with E-state index in [0.717, 1.165) is 30.6 Å². The third kappa shape index (κ3) is 3.70. The zero-order chi connectivity index (χ0) is 12.8. The van der Waals surface area contributed by atoms with Gasteiger partial charge in [-0.2, -0.15) is 0 Å². The molecule has 1 aromatic carbocycles.